The van der Waals surface area contributed by atoms with E-state index in [1.165, 1.54) is 0 Å². The average molecular weight is 274 g/mol. The molecule has 2 aliphatic rings. The van der Waals surface area contributed by atoms with Crippen LogP contribution in [0.2, 0.25) is 0 Å². The number of carbonyl (C=O) groups is 2. The normalized spacial score (nSPS) is 18.8. The first kappa shape index (κ1) is 13.2. The van der Waals surface area contributed by atoms with Crippen LogP contribution in [0.1, 0.15) is 59.2 Å². The van der Waals surface area contributed by atoms with Gasteiger partial charge in [-0.05, 0) is 56.7 Å². The molecule has 0 saturated heterocycles. The maximum absolute atomic E-state index is 11.9. The van der Waals surface area contributed by atoms with Crippen LogP contribution in [-0.2, 0) is 9.47 Å². The van der Waals surface area contributed by atoms with E-state index in [2.05, 4.69) is 0 Å². The fraction of sp³-hybridized carbons (Fsp3) is 0.500. The SMILES string of the molecule is O=C(OC1CCC1)c1cccc(C(=O)OC2CCC2)c1. The second-order valence-corrected chi connectivity index (χ2v) is 5.50. The van der Waals surface area contributed by atoms with Gasteiger partial charge < -0.3 is 9.47 Å². The fourth-order valence-electron chi connectivity index (χ4n) is 2.19. The lowest BCUT2D eigenvalue weighted by atomic mass is 9.96. The molecule has 0 unspecified atom stereocenters. The third-order valence-electron chi connectivity index (χ3n) is 3.99. The lowest BCUT2D eigenvalue weighted by molar-refractivity contribution is 0.00886. The fourth-order valence-corrected chi connectivity index (χ4v) is 2.19. The molecule has 2 aliphatic carbocycles. The van der Waals surface area contributed by atoms with Crippen LogP contribution in [0.4, 0.5) is 0 Å². The summed E-state index contributed by atoms with van der Waals surface area (Å²) >= 11 is 0. The van der Waals surface area contributed by atoms with Gasteiger partial charge in [0.2, 0.25) is 0 Å². The molecular weight excluding hydrogens is 256 g/mol. The minimum absolute atomic E-state index is 0.0492. The number of ether oxygens (including phenoxy) is 2. The van der Waals surface area contributed by atoms with Gasteiger partial charge in [-0.25, -0.2) is 9.59 Å². The highest BCUT2D eigenvalue weighted by molar-refractivity contribution is 5.95. The summed E-state index contributed by atoms with van der Waals surface area (Å²) in [4.78, 5) is 23.9. The predicted octanol–water partition coefficient (Wildman–Crippen LogP) is 3.11. The van der Waals surface area contributed by atoms with Crippen LogP contribution >= 0.6 is 0 Å². The summed E-state index contributed by atoms with van der Waals surface area (Å²) in [7, 11) is 0. The summed E-state index contributed by atoms with van der Waals surface area (Å²) in [6, 6.07) is 6.58. The molecule has 2 fully saturated rings. The van der Waals surface area contributed by atoms with Crippen molar-refractivity contribution in [3.63, 3.8) is 0 Å². The molecule has 0 radical (unpaired) electrons. The largest absolute Gasteiger partial charge is 0.459 e. The van der Waals surface area contributed by atoms with E-state index in [9.17, 15) is 9.59 Å². The van der Waals surface area contributed by atoms with Gasteiger partial charge in [0, 0.05) is 0 Å². The third-order valence-corrected chi connectivity index (χ3v) is 3.99. The van der Waals surface area contributed by atoms with E-state index < -0.39 is 0 Å². The molecule has 1 aromatic rings. The van der Waals surface area contributed by atoms with Gasteiger partial charge in [-0.2, -0.15) is 0 Å². The summed E-state index contributed by atoms with van der Waals surface area (Å²) in [5.74, 6) is -0.707. The molecule has 0 aromatic heterocycles. The predicted molar refractivity (Wildman–Crippen MR) is 72.6 cm³/mol. The zero-order valence-electron chi connectivity index (χ0n) is 11.3. The van der Waals surface area contributed by atoms with Crippen molar-refractivity contribution in [3.8, 4) is 0 Å². The maximum atomic E-state index is 11.9. The number of hydrogen-bond donors (Lipinski definition) is 0. The summed E-state index contributed by atoms with van der Waals surface area (Å²) in [5, 5.41) is 0. The van der Waals surface area contributed by atoms with Gasteiger partial charge in [0.25, 0.3) is 0 Å². The summed E-state index contributed by atoms with van der Waals surface area (Å²) < 4.78 is 10.7. The van der Waals surface area contributed by atoms with Crippen LogP contribution in [0.5, 0.6) is 0 Å². The Morgan fingerprint density at radius 3 is 1.65 bits per heavy atom. The van der Waals surface area contributed by atoms with Gasteiger partial charge in [-0.1, -0.05) is 6.07 Å². The Hall–Kier alpha value is -1.84. The second kappa shape index (κ2) is 5.65. The van der Waals surface area contributed by atoms with E-state index >= 15 is 0 Å². The molecule has 0 heterocycles. The number of esters is 2. The van der Waals surface area contributed by atoms with Crippen LogP contribution in [-0.4, -0.2) is 24.1 Å². The van der Waals surface area contributed by atoms with Crippen LogP contribution in [0.15, 0.2) is 24.3 Å². The molecule has 0 N–H and O–H groups in total. The van der Waals surface area contributed by atoms with Gasteiger partial charge in [-0.3, -0.25) is 0 Å². The highest BCUT2D eigenvalue weighted by Gasteiger charge is 2.24. The minimum Gasteiger partial charge on any atom is -0.459 e. The number of benzene rings is 1. The molecule has 0 amide bonds. The topological polar surface area (TPSA) is 52.6 Å². The summed E-state index contributed by atoms with van der Waals surface area (Å²) in [6.07, 6.45) is 6.09. The van der Waals surface area contributed by atoms with E-state index in [0.717, 1.165) is 38.5 Å². The Balaban J connectivity index is 1.64. The van der Waals surface area contributed by atoms with Crippen molar-refractivity contribution in [1.82, 2.24) is 0 Å². The average Bonchev–Trinajstić information content (AvgIpc) is 2.38. The monoisotopic (exact) mass is 274 g/mol. The number of rotatable bonds is 4. The Morgan fingerprint density at radius 1 is 0.850 bits per heavy atom. The third kappa shape index (κ3) is 2.84. The van der Waals surface area contributed by atoms with E-state index in [1.54, 1.807) is 24.3 Å². The molecule has 0 spiro atoms. The smallest absolute Gasteiger partial charge is 0.338 e. The van der Waals surface area contributed by atoms with E-state index in [4.69, 9.17) is 9.47 Å². The molecule has 20 heavy (non-hydrogen) atoms. The molecular formula is C16H18O4. The van der Waals surface area contributed by atoms with Crippen LogP contribution < -0.4 is 0 Å². The lowest BCUT2D eigenvalue weighted by Crippen LogP contribution is -2.26. The molecule has 2 saturated carbocycles. The zero-order valence-corrected chi connectivity index (χ0v) is 11.3. The summed E-state index contributed by atoms with van der Waals surface area (Å²) in [6.45, 7) is 0. The van der Waals surface area contributed by atoms with Crippen LogP contribution in [0, 0.1) is 0 Å². The first-order chi connectivity index (χ1) is 9.72. The number of carbonyl (C=O) groups excluding carboxylic acids is 2. The van der Waals surface area contributed by atoms with Gasteiger partial charge >= 0.3 is 11.9 Å². The Bertz CT molecular complexity index is 472. The molecule has 4 heteroatoms. The number of hydrogen-bond acceptors (Lipinski definition) is 4. The second-order valence-electron chi connectivity index (χ2n) is 5.50. The van der Waals surface area contributed by atoms with E-state index in [-0.39, 0.29) is 24.1 Å². The molecule has 106 valence electrons. The Labute approximate surface area is 118 Å². The van der Waals surface area contributed by atoms with E-state index in [1.807, 2.05) is 0 Å². The first-order valence-corrected chi connectivity index (χ1v) is 7.24. The van der Waals surface area contributed by atoms with Crippen molar-refractivity contribution in [2.45, 2.75) is 50.7 Å². The van der Waals surface area contributed by atoms with Crippen molar-refractivity contribution >= 4 is 11.9 Å². The molecule has 0 aliphatic heterocycles. The van der Waals surface area contributed by atoms with Gasteiger partial charge in [0.05, 0.1) is 11.1 Å². The highest BCUT2D eigenvalue weighted by Crippen LogP contribution is 2.24. The van der Waals surface area contributed by atoms with Crippen LogP contribution in [0.25, 0.3) is 0 Å². The first-order valence-electron chi connectivity index (χ1n) is 7.24. The molecule has 4 nitrogen and oxygen atoms in total. The Morgan fingerprint density at radius 2 is 1.30 bits per heavy atom. The molecule has 0 atom stereocenters. The van der Waals surface area contributed by atoms with E-state index in [0.29, 0.717) is 11.1 Å². The highest BCUT2D eigenvalue weighted by atomic mass is 16.5. The molecule has 1 aromatic carbocycles. The van der Waals surface area contributed by atoms with Gasteiger partial charge in [0.1, 0.15) is 12.2 Å². The Kier molecular flexibility index (Phi) is 3.72. The van der Waals surface area contributed by atoms with Gasteiger partial charge in [0.15, 0.2) is 0 Å². The van der Waals surface area contributed by atoms with Crippen LogP contribution in [0.3, 0.4) is 0 Å². The molecule has 3 rings (SSSR count). The lowest BCUT2D eigenvalue weighted by Gasteiger charge is -2.25. The quantitative estimate of drug-likeness (QED) is 0.792. The van der Waals surface area contributed by atoms with Crippen molar-refractivity contribution in [2.24, 2.45) is 0 Å². The standard InChI is InChI=1S/C16H18O4/c17-15(19-13-6-2-7-13)11-4-1-5-12(10-11)16(18)20-14-8-3-9-14/h1,4-5,10,13-14H,2-3,6-9H2. The summed E-state index contributed by atoms with van der Waals surface area (Å²) in [5.41, 5.74) is 0.833. The van der Waals surface area contributed by atoms with Crippen molar-refractivity contribution < 1.29 is 19.1 Å². The molecule has 0 bridgehead atoms. The minimum atomic E-state index is -0.354. The van der Waals surface area contributed by atoms with Crippen molar-refractivity contribution in [1.29, 1.82) is 0 Å². The van der Waals surface area contributed by atoms with Gasteiger partial charge in [-0.15, -0.1) is 0 Å². The maximum Gasteiger partial charge on any atom is 0.338 e. The zero-order chi connectivity index (χ0) is 13.9. The van der Waals surface area contributed by atoms with Crippen molar-refractivity contribution in [3.05, 3.63) is 35.4 Å². The van der Waals surface area contributed by atoms with Crippen molar-refractivity contribution in [2.75, 3.05) is 0 Å².